The highest BCUT2D eigenvalue weighted by atomic mass is 35.5. The molecule has 1 aromatic rings. The van der Waals surface area contributed by atoms with Gasteiger partial charge in [-0.25, -0.2) is 9.18 Å². The van der Waals surface area contributed by atoms with Gasteiger partial charge in [0.25, 0.3) is 0 Å². The van der Waals surface area contributed by atoms with Gasteiger partial charge < -0.3 is 4.74 Å². The number of nitrogens with zero attached hydrogens (tertiary/aromatic N) is 1. The smallest absolute Gasteiger partial charge is 0.235 e. The second-order valence-electron chi connectivity index (χ2n) is 4.06. The third-order valence-electron chi connectivity index (χ3n) is 3.15. The van der Waals surface area contributed by atoms with Gasteiger partial charge in [-0.15, -0.1) is 0 Å². The summed E-state index contributed by atoms with van der Waals surface area (Å²) in [4.78, 5) is 14.3. The summed E-state index contributed by atoms with van der Waals surface area (Å²) < 4.78 is 18.6. The Morgan fingerprint density at radius 3 is 2.71 bits per heavy atom. The van der Waals surface area contributed by atoms with Crippen molar-refractivity contribution in [3.8, 4) is 5.75 Å². The molecular formula is C12H11ClFNO2. The molecule has 1 saturated carbocycles. The summed E-state index contributed by atoms with van der Waals surface area (Å²) in [5.74, 6) is -0.0788. The zero-order valence-electron chi connectivity index (χ0n) is 9.30. The predicted molar refractivity (Wildman–Crippen MR) is 61.6 cm³/mol. The van der Waals surface area contributed by atoms with Crippen LogP contribution in [0.25, 0.3) is 0 Å². The summed E-state index contributed by atoms with van der Waals surface area (Å²) in [7, 11) is 1.46. The third-order valence-corrected chi connectivity index (χ3v) is 3.43. The van der Waals surface area contributed by atoms with Crippen molar-refractivity contribution in [3.05, 3.63) is 28.5 Å². The number of rotatable bonds is 3. The van der Waals surface area contributed by atoms with Crippen LogP contribution in [0.1, 0.15) is 24.8 Å². The van der Waals surface area contributed by atoms with E-state index in [1.54, 1.807) is 6.08 Å². The molecule has 1 aliphatic rings. The van der Waals surface area contributed by atoms with Crippen LogP contribution in [0.15, 0.2) is 17.1 Å². The monoisotopic (exact) mass is 255 g/mol. The van der Waals surface area contributed by atoms with Crippen LogP contribution in [0.2, 0.25) is 5.02 Å². The van der Waals surface area contributed by atoms with E-state index in [1.165, 1.54) is 19.2 Å². The van der Waals surface area contributed by atoms with Crippen molar-refractivity contribution in [1.82, 2.24) is 0 Å². The number of benzene rings is 1. The number of aliphatic imine (C=N–C) groups is 1. The van der Waals surface area contributed by atoms with Gasteiger partial charge in [-0.05, 0) is 31.4 Å². The van der Waals surface area contributed by atoms with Crippen LogP contribution < -0.4 is 4.74 Å². The first-order valence-electron chi connectivity index (χ1n) is 5.25. The fourth-order valence-corrected chi connectivity index (χ4v) is 2.44. The highest BCUT2D eigenvalue weighted by molar-refractivity contribution is 6.32. The number of methoxy groups -OCH3 is 1. The van der Waals surface area contributed by atoms with Gasteiger partial charge in [0, 0.05) is 5.56 Å². The number of ether oxygens (including phenoxy) is 1. The standard InChI is InChI=1S/C12H11ClFNO2/c1-17-11-9(5-8(14)6-10(11)13)12(15-7-16)3-2-4-12/h5-6H,2-4H2,1H3. The van der Waals surface area contributed by atoms with E-state index in [1.807, 2.05) is 0 Å². The van der Waals surface area contributed by atoms with Crippen LogP contribution in [0.5, 0.6) is 5.75 Å². The number of halogens is 2. The van der Waals surface area contributed by atoms with Gasteiger partial charge >= 0.3 is 0 Å². The Labute approximate surface area is 103 Å². The summed E-state index contributed by atoms with van der Waals surface area (Å²) in [5.41, 5.74) is -0.182. The van der Waals surface area contributed by atoms with E-state index in [9.17, 15) is 9.18 Å². The quantitative estimate of drug-likeness (QED) is 0.615. The first-order valence-corrected chi connectivity index (χ1v) is 5.63. The van der Waals surface area contributed by atoms with Crippen molar-refractivity contribution in [2.75, 3.05) is 7.11 Å². The van der Waals surface area contributed by atoms with E-state index < -0.39 is 11.4 Å². The maximum Gasteiger partial charge on any atom is 0.235 e. The average Bonchev–Trinajstić information content (AvgIpc) is 2.22. The van der Waals surface area contributed by atoms with Gasteiger partial charge in [-0.2, -0.15) is 4.99 Å². The molecule has 0 amide bonds. The topological polar surface area (TPSA) is 38.7 Å². The largest absolute Gasteiger partial charge is 0.495 e. The Hall–Kier alpha value is -1.38. The zero-order chi connectivity index (χ0) is 12.5. The molecule has 5 heteroatoms. The predicted octanol–water partition coefficient (Wildman–Crippen LogP) is 3.20. The SMILES string of the molecule is COc1c(Cl)cc(F)cc1C1(N=C=O)CCC1. The second-order valence-corrected chi connectivity index (χ2v) is 4.46. The summed E-state index contributed by atoms with van der Waals surface area (Å²) in [6.07, 6.45) is 3.84. The van der Waals surface area contributed by atoms with Gasteiger partial charge in [0.1, 0.15) is 17.1 Å². The molecule has 0 radical (unpaired) electrons. The molecule has 1 fully saturated rings. The molecule has 0 aromatic heterocycles. The molecule has 0 bridgehead atoms. The van der Waals surface area contributed by atoms with E-state index in [4.69, 9.17) is 16.3 Å². The van der Waals surface area contributed by atoms with E-state index in [2.05, 4.69) is 4.99 Å². The fourth-order valence-electron chi connectivity index (χ4n) is 2.15. The molecule has 0 N–H and O–H groups in total. The highest BCUT2D eigenvalue weighted by Gasteiger charge is 2.42. The van der Waals surface area contributed by atoms with E-state index in [-0.39, 0.29) is 5.02 Å². The van der Waals surface area contributed by atoms with Gasteiger partial charge in [0.15, 0.2) is 0 Å². The van der Waals surface area contributed by atoms with Crippen molar-refractivity contribution in [2.45, 2.75) is 24.8 Å². The first kappa shape index (κ1) is 12.1. The number of hydrogen-bond donors (Lipinski definition) is 0. The van der Waals surface area contributed by atoms with Crippen molar-refractivity contribution in [3.63, 3.8) is 0 Å². The maximum absolute atomic E-state index is 13.4. The molecule has 0 saturated heterocycles. The van der Waals surface area contributed by atoms with Gasteiger partial charge in [0.2, 0.25) is 6.08 Å². The number of carbonyl (C=O) groups excluding carboxylic acids is 1. The maximum atomic E-state index is 13.4. The number of hydrogen-bond acceptors (Lipinski definition) is 3. The minimum Gasteiger partial charge on any atom is -0.495 e. The lowest BCUT2D eigenvalue weighted by atomic mass is 9.72. The molecule has 1 aromatic carbocycles. The van der Waals surface area contributed by atoms with Crippen molar-refractivity contribution in [1.29, 1.82) is 0 Å². The summed E-state index contributed by atoms with van der Waals surface area (Å²) >= 11 is 5.92. The summed E-state index contributed by atoms with van der Waals surface area (Å²) in [6.45, 7) is 0. The molecule has 2 rings (SSSR count). The molecule has 1 aliphatic carbocycles. The minimum absolute atomic E-state index is 0.190. The Bertz CT molecular complexity index is 494. The Morgan fingerprint density at radius 1 is 1.53 bits per heavy atom. The lowest BCUT2D eigenvalue weighted by molar-refractivity contribution is 0.245. The Kier molecular flexibility index (Phi) is 3.18. The van der Waals surface area contributed by atoms with E-state index in [0.717, 1.165) is 6.42 Å². The third kappa shape index (κ3) is 1.94. The highest BCUT2D eigenvalue weighted by Crippen LogP contribution is 2.49. The van der Waals surface area contributed by atoms with Crippen LogP contribution >= 0.6 is 11.6 Å². The van der Waals surface area contributed by atoms with Crippen LogP contribution in [0, 0.1) is 5.82 Å². The zero-order valence-corrected chi connectivity index (χ0v) is 10.1. The lowest BCUT2D eigenvalue weighted by Gasteiger charge is -2.38. The minimum atomic E-state index is -0.709. The molecule has 17 heavy (non-hydrogen) atoms. The summed E-state index contributed by atoms with van der Waals surface area (Å²) in [6, 6.07) is 2.51. The van der Waals surface area contributed by atoms with Gasteiger partial charge in [-0.1, -0.05) is 11.6 Å². The van der Waals surface area contributed by atoms with Gasteiger partial charge in [0.05, 0.1) is 12.1 Å². The Balaban J connectivity index is 2.60. The van der Waals surface area contributed by atoms with Crippen LogP contribution in [-0.2, 0) is 10.3 Å². The summed E-state index contributed by atoms with van der Waals surface area (Å²) in [5, 5.41) is 0.190. The molecule has 90 valence electrons. The number of isocyanates is 1. The van der Waals surface area contributed by atoms with Crippen LogP contribution in [0.3, 0.4) is 0 Å². The molecule has 3 nitrogen and oxygen atoms in total. The molecular weight excluding hydrogens is 245 g/mol. The average molecular weight is 256 g/mol. The van der Waals surface area contributed by atoms with Crippen LogP contribution in [-0.4, -0.2) is 13.2 Å². The lowest BCUT2D eigenvalue weighted by Crippen LogP contribution is -2.32. The van der Waals surface area contributed by atoms with Gasteiger partial charge in [-0.3, -0.25) is 0 Å². The molecule has 0 aliphatic heterocycles. The fraction of sp³-hybridized carbons (Fsp3) is 0.417. The Morgan fingerprint density at radius 2 is 2.24 bits per heavy atom. The second kappa shape index (κ2) is 4.47. The van der Waals surface area contributed by atoms with Crippen molar-refractivity contribution in [2.24, 2.45) is 4.99 Å². The van der Waals surface area contributed by atoms with Crippen molar-refractivity contribution >= 4 is 17.7 Å². The molecule has 0 unspecified atom stereocenters. The molecule has 0 atom stereocenters. The normalized spacial score (nSPS) is 16.9. The van der Waals surface area contributed by atoms with E-state index >= 15 is 0 Å². The molecule has 0 spiro atoms. The molecule has 0 heterocycles. The van der Waals surface area contributed by atoms with Crippen LogP contribution in [0.4, 0.5) is 4.39 Å². The van der Waals surface area contributed by atoms with Crippen molar-refractivity contribution < 1.29 is 13.9 Å². The first-order chi connectivity index (χ1) is 8.13. The van der Waals surface area contributed by atoms with E-state index in [0.29, 0.717) is 24.2 Å².